The molecule has 2 aliphatic carbocycles. The van der Waals surface area contributed by atoms with E-state index in [1.54, 1.807) is 0 Å². The smallest absolute Gasteiger partial charge is 0.252 e. The van der Waals surface area contributed by atoms with Gasteiger partial charge in [-0.15, -0.1) is 0 Å². The van der Waals surface area contributed by atoms with Crippen molar-refractivity contribution in [3.63, 3.8) is 0 Å². The average molecular weight is 260 g/mol. The second-order valence-corrected chi connectivity index (χ2v) is 5.55. The number of fused-ring (bicyclic) bond motifs is 1. The van der Waals surface area contributed by atoms with E-state index < -0.39 is 5.91 Å². The molecule has 5 nitrogen and oxygen atoms in total. The van der Waals surface area contributed by atoms with Crippen LogP contribution >= 0.6 is 0 Å². The molecule has 19 heavy (non-hydrogen) atoms. The van der Waals surface area contributed by atoms with Gasteiger partial charge in [0.1, 0.15) is 5.82 Å². The number of anilines is 1. The fourth-order valence-corrected chi connectivity index (χ4v) is 3.11. The highest BCUT2D eigenvalue weighted by Gasteiger charge is 2.26. The maximum Gasteiger partial charge on any atom is 0.252 e. The summed E-state index contributed by atoms with van der Waals surface area (Å²) in [6.45, 7) is 0. The van der Waals surface area contributed by atoms with E-state index >= 15 is 0 Å². The van der Waals surface area contributed by atoms with Crippen molar-refractivity contribution in [2.45, 2.75) is 50.6 Å². The molecule has 1 aromatic rings. The molecule has 0 bridgehead atoms. The number of nitrogens with two attached hydrogens (primary N) is 2. The Morgan fingerprint density at radius 1 is 1.32 bits per heavy atom. The van der Waals surface area contributed by atoms with Gasteiger partial charge in [-0.3, -0.25) is 4.79 Å². The highest BCUT2D eigenvalue weighted by molar-refractivity contribution is 5.98. The molecule has 0 aromatic carbocycles. The number of aryl methyl sites for hydroxylation is 2. The summed E-state index contributed by atoms with van der Waals surface area (Å²) in [5, 5.41) is 3.33. The van der Waals surface area contributed by atoms with E-state index in [1.165, 1.54) is 0 Å². The Kier molecular flexibility index (Phi) is 3.14. The summed E-state index contributed by atoms with van der Waals surface area (Å²) in [4.78, 5) is 16.2. The third-order valence-electron chi connectivity index (χ3n) is 4.21. The van der Waals surface area contributed by atoms with Crippen LogP contribution in [0.5, 0.6) is 0 Å². The molecule has 0 saturated heterocycles. The Morgan fingerprint density at radius 2 is 2.16 bits per heavy atom. The Labute approximate surface area is 112 Å². The van der Waals surface area contributed by atoms with Crippen molar-refractivity contribution < 1.29 is 4.79 Å². The average Bonchev–Trinajstić information content (AvgIpc) is 2.97. The highest BCUT2D eigenvalue weighted by atomic mass is 16.1. The van der Waals surface area contributed by atoms with Gasteiger partial charge in [0.2, 0.25) is 0 Å². The molecule has 5 N–H and O–H groups in total. The van der Waals surface area contributed by atoms with Gasteiger partial charge in [0.05, 0.1) is 5.56 Å². The second-order valence-electron chi connectivity index (χ2n) is 5.55. The molecule has 0 radical (unpaired) electrons. The zero-order chi connectivity index (χ0) is 13.4. The van der Waals surface area contributed by atoms with Crippen molar-refractivity contribution in [3.8, 4) is 0 Å². The number of primary amides is 1. The lowest BCUT2D eigenvalue weighted by atomic mass is 10.1. The van der Waals surface area contributed by atoms with Gasteiger partial charge in [0, 0.05) is 17.8 Å². The summed E-state index contributed by atoms with van der Waals surface area (Å²) in [6, 6.07) is 2.24. The first-order chi connectivity index (χ1) is 9.15. The Hall–Kier alpha value is -1.62. The quantitative estimate of drug-likeness (QED) is 0.754. The molecule has 2 atom stereocenters. The van der Waals surface area contributed by atoms with Crippen LogP contribution in [0.3, 0.4) is 0 Å². The van der Waals surface area contributed by atoms with Gasteiger partial charge in [-0.2, -0.15) is 0 Å². The van der Waals surface area contributed by atoms with Crippen LogP contribution in [0.2, 0.25) is 0 Å². The number of hydrogen-bond acceptors (Lipinski definition) is 4. The molecule has 1 fully saturated rings. The van der Waals surface area contributed by atoms with Crippen LogP contribution in [0, 0.1) is 0 Å². The van der Waals surface area contributed by atoms with E-state index in [9.17, 15) is 4.79 Å². The SMILES string of the molecule is NC(=O)c1cc2c(nc1NC1CCCC1N)CCC2. The third kappa shape index (κ3) is 2.30. The molecule has 5 heteroatoms. The number of carbonyl (C=O) groups excluding carboxylic acids is 1. The molecule has 1 heterocycles. The summed E-state index contributed by atoms with van der Waals surface area (Å²) in [5.41, 5.74) is 14.3. The molecule has 2 unspecified atom stereocenters. The molecule has 3 rings (SSSR count). The standard InChI is InChI=1S/C14H20N4O/c15-10-4-2-6-12(10)18-14-9(13(16)19)7-8-3-1-5-11(8)17-14/h7,10,12H,1-6,15H2,(H2,16,19)(H,17,18). The van der Waals surface area contributed by atoms with Crippen LogP contribution in [-0.2, 0) is 12.8 Å². The molecule has 0 spiro atoms. The summed E-state index contributed by atoms with van der Waals surface area (Å²) >= 11 is 0. The fraction of sp³-hybridized carbons (Fsp3) is 0.571. The maximum absolute atomic E-state index is 11.6. The fourth-order valence-electron chi connectivity index (χ4n) is 3.11. The van der Waals surface area contributed by atoms with Gasteiger partial charge in [-0.1, -0.05) is 0 Å². The van der Waals surface area contributed by atoms with Gasteiger partial charge < -0.3 is 16.8 Å². The highest BCUT2D eigenvalue weighted by Crippen LogP contribution is 2.27. The molecule has 0 aliphatic heterocycles. The first-order valence-corrected chi connectivity index (χ1v) is 7.00. The van der Waals surface area contributed by atoms with Gasteiger partial charge in [0.15, 0.2) is 0 Å². The van der Waals surface area contributed by atoms with Crippen molar-refractivity contribution in [2.75, 3.05) is 5.32 Å². The van der Waals surface area contributed by atoms with E-state index in [0.717, 1.165) is 49.8 Å². The van der Waals surface area contributed by atoms with Crippen LogP contribution in [0.4, 0.5) is 5.82 Å². The van der Waals surface area contributed by atoms with Gasteiger partial charge in [0.25, 0.3) is 5.91 Å². The summed E-state index contributed by atoms with van der Waals surface area (Å²) in [6.07, 6.45) is 6.25. The number of carbonyl (C=O) groups is 1. The lowest BCUT2D eigenvalue weighted by Gasteiger charge is -2.20. The third-order valence-corrected chi connectivity index (χ3v) is 4.21. The van der Waals surface area contributed by atoms with E-state index in [-0.39, 0.29) is 12.1 Å². The van der Waals surface area contributed by atoms with E-state index in [2.05, 4.69) is 10.3 Å². The van der Waals surface area contributed by atoms with E-state index in [4.69, 9.17) is 11.5 Å². The zero-order valence-corrected chi connectivity index (χ0v) is 11.0. The minimum atomic E-state index is -0.420. The number of hydrogen-bond donors (Lipinski definition) is 3. The van der Waals surface area contributed by atoms with Gasteiger partial charge in [-0.05, 0) is 50.2 Å². The van der Waals surface area contributed by atoms with Crippen LogP contribution in [0.25, 0.3) is 0 Å². The minimum Gasteiger partial charge on any atom is -0.365 e. The van der Waals surface area contributed by atoms with Crippen molar-refractivity contribution in [3.05, 3.63) is 22.9 Å². The van der Waals surface area contributed by atoms with Crippen LogP contribution in [-0.4, -0.2) is 23.0 Å². The number of aromatic nitrogens is 1. The summed E-state index contributed by atoms with van der Waals surface area (Å²) in [5.74, 6) is 0.201. The van der Waals surface area contributed by atoms with Crippen LogP contribution in [0.15, 0.2) is 6.07 Å². The number of pyridine rings is 1. The first-order valence-electron chi connectivity index (χ1n) is 7.00. The van der Waals surface area contributed by atoms with E-state index in [1.807, 2.05) is 6.07 Å². The molecule has 1 saturated carbocycles. The summed E-state index contributed by atoms with van der Waals surface area (Å²) in [7, 11) is 0. The van der Waals surface area contributed by atoms with Crippen molar-refractivity contribution in [2.24, 2.45) is 11.5 Å². The molecule has 2 aliphatic rings. The predicted octanol–water partition coefficient (Wildman–Crippen LogP) is 0.961. The molecule has 102 valence electrons. The number of nitrogens with one attached hydrogen (secondary N) is 1. The lowest BCUT2D eigenvalue weighted by molar-refractivity contribution is 0.100. The molecular weight excluding hydrogens is 240 g/mol. The maximum atomic E-state index is 11.6. The van der Waals surface area contributed by atoms with Gasteiger partial charge in [-0.25, -0.2) is 4.98 Å². The molecule has 1 amide bonds. The molecular formula is C14H20N4O. The van der Waals surface area contributed by atoms with Gasteiger partial charge >= 0.3 is 0 Å². The van der Waals surface area contributed by atoms with Crippen molar-refractivity contribution in [1.82, 2.24) is 4.98 Å². The summed E-state index contributed by atoms with van der Waals surface area (Å²) < 4.78 is 0. The number of amides is 1. The molecule has 1 aromatic heterocycles. The van der Waals surface area contributed by atoms with Crippen LogP contribution in [0.1, 0.15) is 47.3 Å². The Balaban J connectivity index is 1.92. The largest absolute Gasteiger partial charge is 0.365 e. The van der Waals surface area contributed by atoms with Crippen molar-refractivity contribution in [1.29, 1.82) is 0 Å². The normalized spacial score (nSPS) is 25.3. The van der Waals surface area contributed by atoms with Crippen molar-refractivity contribution >= 4 is 11.7 Å². The van der Waals surface area contributed by atoms with E-state index in [0.29, 0.717) is 11.4 Å². The lowest BCUT2D eigenvalue weighted by Crippen LogP contribution is -2.36. The van der Waals surface area contributed by atoms with Crippen LogP contribution < -0.4 is 16.8 Å². The Morgan fingerprint density at radius 3 is 2.84 bits per heavy atom. The number of nitrogens with zero attached hydrogens (tertiary/aromatic N) is 1. The predicted molar refractivity (Wildman–Crippen MR) is 74.0 cm³/mol. The second kappa shape index (κ2) is 4.81. The zero-order valence-electron chi connectivity index (χ0n) is 11.0. The minimum absolute atomic E-state index is 0.135. The number of rotatable bonds is 3. The Bertz CT molecular complexity index is 514. The first kappa shape index (κ1) is 12.4. The monoisotopic (exact) mass is 260 g/mol. The topological polar surface area (TPSA) is 94.0 Å².